The number of hydrogen-bond acceptors (Lipinski definition) is 6. The Balaban J connectivity index is 1.91. The Morgan fingerprint density at radius 3 is 2.70 bits per heavy atom. The van der Waals surface area contributed by atoms with Gasteiger partial charge >= 0.3 is 0 Å². The van der Waals surface area contributed by atoms with E-state index in [1.54, 1.807) is 6.20 Å². The lowest BCUT2D eigenvalue weighted by molar-refractivity contribution is 0.393. The monoisotopic (exact) mass is 309 g/mol. The summed E-state index contributed by atoms with van der Waals surface area (Å²) >= 11 is 0. The zero-order chi connectivity index (χ0) is 16.2. The van der Waals surface area contributed by atoms with Crippen LogP contribution < -0.4 is 10.6 Å². The molecule has 0 bridgehead atoms. The van der Waals surface area contributed by atoms with Gasteiger partial charge in [-0.05, 0) is 32.0 Å². The van der Waals surface area contributed by atoms with Gasteiger partial charge in [-0.15, -0.1) is 0 Å². The predicted octanol–water partition coefficient (Wildman–Crippen LogP) is 3.40. The molecule has 118 valence electrons. The molecule has 0 amide bonds. The number of rotatable bonds is 5. The van der Waals surface area contributed by atoms with E-state index in [2.05, 4.69) is 25.8 Å². The normalized spacial score (nSPS) is 10.6. The molecule has 0 spiro atoms. The summed E-state index contributed by atoms with van der Waals surface area (Å²) in [4.78, 5) is 8.81. The fourth-order valence-corrected chi connectivity index (χ4v) is 2.52. The highest BCUT2D eigenvalue weighted by Crippen LogP contribution is 2.31. The summed E-state index contributed by atoms with van der Waals surface area (Å²) in [6, 6.07) is 7.91. The van der Waals surface area contributed by atoms with Gasteiger partial charge in [0.05, 0.1) is 23.6 Å². The molecule has 0 fully saturated rings. The highest BCUT2D eigenvalue weighted by Gasteiger charge is 2.14. The molecule has 3 aromatic heterocycles. The number of pyridine rings is 2. The van der Waals surface area contributed by atoms with E-state index >= 15 is 0 Å². The Kier molecular flexibility index (Phi) is 4.23. The highest BCUT2D eigenvalue weighted by molar-refractivity contribution is 5.75. The number of anilines is 2. The van der Waals surface area contributed by atoms with E-state index in [9.17, 15) is 0 Å². The Morgan fingerprint density at radius 1 is 1.17 bits per heavy atom. The van der Waals surface area contributed by atoms with Crippen molar-refractivity contribution in [1.82, 2.24) is 15.1 Å². The van der Waals surface area contributed by atoms with Crippen LogP contribution in [0.5, 0.6) is 0 Å². The smallest absolute Gasteiger partial charge is 0.149 e. The number of nitrogens with zero attached hydrogens (tertiary/aromatic N) is 3. The summed E-state index contributed by atoms with van der Waals surface area (Å²) in [5.41, 5.74) is 4.70. The largest absolute Gasteiger partial charge is 0.376 e. The minimum atomic E-state index is 0.627. The first kappa shape index (κ1) is 15.0. The van der Waals surface area contributed by atoms with Crippen LogP contribution >= 0.6 is 0 Å². The van der Waals surface area contributed by atoms with Crippen LogP contribution in [-0.2, 0) is 6.54 Å². The van der Waals surface area contributed by atoms with Crippen molar-refractivity contribution < 1.29 is 4.52 Å². The fraction of sp³-hybridized carbons (Fsp3) is 0.235. The molecule has 0 saturated heterocycles. The molecule has 0 aliphatic heterocycles. The van der Waals surface area contributed by atoms with E-state index in [0.29, 0.717) is 6.54 Å². The second kappa shape index (κ2) is 6.48. The zero-order valence-corrected chi connectivity index (χ0v) is 13.4. The Bertz CT molecular complexity index is 778. The minimum absolute atomic E-state index is 0.627. The number of aryl methyl sites for hydroxylation is 2. The molecule has 0 aromatic carbocycles. The van der Waals surface area contributed by atoms with Crippen molar-refractivity contribution in [2.24, 2.45) is 0 Å². The van der Waals surface area contributed by atoms with E-state index in [-0.39, 0.29) is 0 Å². The molecule has 0 saturated carbocycles. The SMILES string of the molecule is CNc1ncc(-c2c(C)noc2C)cc1NCc1ccccn1. The summed E-state index contributed by atoms with van der Waals surface area (Å²) in [5, 5.41) is 10.5. The average molecular weight is 309 g/mol. The number of hydrogen-bond donors (Lipinski definition) is 2. The molecule has 23 heavy (non-hydrogen) atoms. The van der Waals surface area contributed by atoms with Crippen LogP contribution in [0.15, 0.2) is 41.2 Å². The molecule has 0 aliphatic rings. The molecule has 3 rings (SSSR count). The Labute approximate surface area is 135 Å². The van der Waals surface area contributed by atoms with Crippen molar-refractivity contribution in [3.05, 3.63) is 53.8 Å². The van der Waals surface area contributed by atoms with Crippen molar-refractivity contribution in [3.63, 3.8) is 0 Å². The molecule has 2 N–H and O–H groups in total. The van der Waals surface area contributed by atoms with Gasteiger partial charge in [0.2, 0.25) is 0 Å². The molecule has 0 aliphatic carbocycles. The zero-order valence-electron chi connectivity index (χ0n) is 13.4. The summed E-state index contributed by atoms with van der Waals surface area (Å²) in [6.45, 7) is 4.46. The third-order valence-electron chi connectivity index (χ3n) is 3.63. The predicted molar refractivity (Wildman–Crippen MR) is 90.3 cm³/mol. The molecule has 0 radical (unpaired) electrons. The maximum atomic E-state index is 5.25. The van der Waals surface area contributed by atoms with Crippen molar-refractivity contribution >= 4 is 11.5 Å². The van der Waals surface area contributed by atoms with E-state index in [0.717, 1.165) is 39.8 Å². The van der Waals surface area contributed by atoms with Gasteiger partial charge in [0.1, 0.15) is 11.6 Å². The lowest BCUT2D eigenvalue weighted by Gasteiger charge is -2.12. The van der Waals surface area contributed by atoms with Gasteiger partial charge in [-0.2, -0.15) is 0 Å². The molecule has 3 heterocycles. The van der Waals surface area contributed by atoms with E-state index in [1.165, 1.54) is 0 Å². The molecular weight excluding hydrogens is 290 g/mol. The van der Waals surface area contributed by atoms with Crippen LogP contribution in [0.4, 0.5) is 11.5 Å². The summed E-state index contributed by atoms with van der Waals surface area (Å²) in [5.74, 6) is 1.58. The van der Waals surface area contributed by atoms with Gasteiger partial charge < -0.3 is 15.2 Å². The Morgan fingerprint density at radius 2 is 2.04 bits per heavy atom. The summed E-state index contributed by atoms with van der Waals surface area (Å²) in [6.07, 6.45) is 3.61. The van der Waals surface area contributed by atoms with Crippen molar-refractivity contribution in [2.45, 2.75) is 20.4 Å². The van der Waals surface area contributed by atoms with Crippen LogP contribution in [0.2, 0.25) is 0 Å². The van der Waals surface area contributed by atoms with Crippen LogP contribution in [-0.4, -0.2) is 22.2 Å². The van der Waals surface area contributed by atoms with Gasteiger partial charge in [0, 0.05) is 30.6 Å². The molecule has 6 nitrogen and oxygen atoms in total. The van der Waals surface area contributed by atoms with Gasteiger partial charge in [0.15, 0.2) is 0 Å². The van der Waals surface area contributed by atoms with E-state index in [1.807, 2.05) is 51.4 Å². The second-order valence-electron chi connectivity index (χ2n) is 5.24. The first-order valence-electron chi connectivity index (χ1n) is 7.44. The highest BCUT2D eigenvalue weighted by atomic mass is 16.5. The topological polar surface area (TPSA) is 75.9 Å². The molecular formula is C17H19N5O. The number of aromatic nitrogens is 3. The maximum Gasteiger partial charge on any atom is 0.149 e. The quantitative estimate of drug-likeness (QED) is 0.752. The van der Waals surface area contributed by atoms with Crippen molar-refractivity contribution in [2.75, 3.05) is 17.7 Å². The standard InChI is InChI=1S/C17H19N5O/c1-11-16(12(2)23-22-11)13-8-15(17(18-3)21-9-13)20-10-14-6-4-5-7-19-14/h4-9,20H,10H2,1-3H3,(H,18,21). The number of nitrogens with one attached hydrogen (secondary N) is 2. The molecule has 6 heteroatoms. The minimum Gasteiger partial charge on any atom is -0.376 e. The van der Waals surface area contributed by atoms with Gasteiger partial charge in [0.25, 0.3) is 0 Å². The van der Waals surface area contributed by atoms with Crippen LogP contribution in [0.1, 0.15) is 17.1 Å². The van der Waals surface area contributed by atoms with Gasteiger partial charge in [-0.1, -0.05) is 11.2 Å². The lowest BCUT2D eigenvalue weighted by Crippen LogP contribution is -2.05. The van der Waals surface area contributed by atoms with Crippen LogP contribution in [0.3, 0.4) is 0 Å². The second-order valence-corrected chi connectivity index (χ2v) is 5.24. The molecule has 0 unspecified atom stereocenters. The first-order valence-corrected chi connectivity index (χ1v) is 7.44. The molecule has 3 aromatic rings. The summed E-state index contributed by atoms with van der Waals surface area (Å²) < 4.78 is 5.25. The first-order chi connectivity index (χ1) is 11.2. The Hall–Kier alpha value is -2.89. The van der Waals surface area contributed by atoms with Crippen molar-refractivity contribution in [3.8, 4) is 11.1 Å². The van der Waals surface area contributed by atoms with Gasteiger partial charge in [-0.25, -0.2) is 4.98 Å². The third kappa shape index (κ3) is 3.15. The van der Waals surface area contributed by atoms with Gasteiger partial charge in [-0.3, -0.25) is 4.98 Å². The van der Waals surface area contributed by atoms with E-state index < -0.39 is 0 Å². The van der Waals surface area contributed by atoms with Crippen molar-refractivity contribution in [1.29, 1.82) is 0 Å². The maximum absolute atomic E-state index is 5.25. The van der Waals surface area contributed by atoms with Crippen LogP contribution in [0.25, 0.3) is 11.1 Å². The molecule has 0 atom stereocenters. The average Bonchev–Trinajstić information content (AvgIpc) is 2.92. The summed E-state index contributed by atoms with van der Waals surface area (Å²) in [7, 11) is 1.85. The van der Waals surface area contributed by atoms with E-state index in [4.69, 9.17) is 4.52 Å². The van der Waals surface area contributed by atoms with Crippen LogP contribution in [0, 0.1) is 13.8 Å². The lowest BCUT2D eigenvalue weighted by atomic mass is 10.1. The fourth-order valence-electron chi connectivity index (χ4n) is 2.52. The third-order valence-corrected chi connectivity index (χ3v) is 3.63.